The molecule has 0 atom stereocenters. The molecule has 1 rings (SSSR count). The maximum Gasteiger partial charge on any atom is -1.00 e. The summed E-state index contributed by atoms with van der Waals surface area (Å²) < 4.78 is 1.62. The van der Waals surface area contributed by atoms with Crippen molar-refractivity contribution in [3.8, 4) is 0 Å². The van der Waals surface area contributed by atoms with Gasteiger partial charge in [-0.15, -0.1) is 0 Å². The van der Waals surface area contributed by atoms with Gasteiger partial charge in [0, 0.05) is 0 Å². The van der Waals surface area contributed by atoms with Crippen molar-refractivity contribution < 1.29 is 49.5 Å². The number of rotatable bonds is 2. The van der Waals surface area contributed by atoms with Crippen molar-refractivity contribution in [3.05, 3.63) is 20.5 Å². The molecule has 0 saturated carbocycles. The Balaban J connectivity index is 0. The second-order valence-corrected chi connectivity index (χ2v) is 5.71. The topological polar surface area (TPSA) is 0 Å². The average molecular weight is 311 g/mol. The van der Waals surface area contributed by atoms with Crippen LogP contribution in [0.1, 0.15) is 34.1 Å². The molecular formula is C11H17Cl2Zr. The minimum Gasteiger partial charge on any atom is -1.00 e. The zero-order valence-electron chi connectivity index (χ0n) is 9.20. The molecule has 0 aromatic heterocycles. The van der Waals surface area contributed by atoms with Crippen LogP contribution in [0.25, 0.3) is 0 Å². The summed E-state index contributed by atoms with van der Waals surface area (Å²) in [5, 5.41) is 0. The summed E-state index contributed by atoms with van der Waals surface area (Å²) in [4.78, 5) is 0. The molecule has 0 amide bonds. The zero-order valence-corrected chi connectivity index (χ0v) is 13.2. The molecule has 0 aliphatic heterocycles. The van der Waals surface area contributed by atoms with Crippen LogP contribution in [0.5, 0.6) is 0 Å². The second-order valence-electron chi connectivity index (χ2n) is 4.14. The van der Waals surface area contributed by atoms with Gasteiger partial charge in [-0.1, -0.05) is 0 Å². The molecule has 0 unspecified atom stereocenters. The molecule has 0 N–H and O–H groups in total. The molecule has 0 heterocycles. The molecule has 0 aromatic carbocycles. The molecule has 0 nitrogen and oxygen atoms in total. The first-order valence-electron chi connectivity index (χ1n) is 4.67. The molecule has 0 fully saturated rings. The first-order chi connectivity index (χ1) is 5.52. The molecule has 0 bridgehead atoms. The van der Waals surface area contributed by atoms with E-state index in [4.69, 9.17) is 0 Å². The first kappa shape index (κ1) is 17.3. The predicted octanol–water partition coefficient (Wildman–Crippen LogP) is -2.56. The Kier molecular flexibility index (Phi) is 8.99. The van der Waals surface area contributed by atoms with Crippen molar-refractivity contribution in [2.45, 2.75) is 34.1 Å². The normalized spacial score (nSPS) is 15.6. The molecule has 3 heteroatoms. The van der Waals surface area contributed by atoms with Crippen LogP contribution < -0.4 is 24.8 Å². The summed E-state index contributed by atoms with van der Waals surface area (Å²) >= 11 is 1.59. The minimum absolute atomic E-state index is 0. The third-order valence-electron chi connectivity index (χ3n) is 2.40. The number of hydrogen-bond donors (Lipinski definition) is 0. The number of allylic oxidation sites excluding steroid dienone is 4. The third kappa shape index (κ3) is 4.21. The smallest absolute Gasteiger partial charge is 1.00 e. The Labute approximate surface area is 115 Å². The molecule has 0 saturated heterocycles. The van der Waals surface area contributed by atoms with Crippen LogP contribution in [0.3, 0.4) is 0 Å². The van der Waals surface area contributed by atoms with Crippen molar-refractivity contribution in [2.75, 3.05) is 0 Å². The van der Waals surface area contributed by atoms with Gasteiger partial charge in [0.1, 0.15) is 0 Å². The maximum absolute atomic E-state index is 2.42. The summed E-state index contributed by atoms with van der Waals surface area (Å²) in [5.41, 5.74) is 3.29. The van der Waals surface area contributed by atoms with Gasteiger partial charge in [-0.25, -0.2) is 0 Å². The monoisotopic (exact) mass is 309 g/mol. The minimum atomic E-state index is 0. The van der Waals surface area contributed by atoms with Gasteiger partial charge in [-0.2, -0.15) is 0 Å². The Hall–Kier alpha value is 0.943. The fourth-order valence-corrected chi connectivity index (χ4v) is 2.56. The zero-order chi connectivity index (χ0) is 9.30. The molecule has 0 radical (unpaired) electrons. The summed E-state index contributed by atoms with van der Waals surface area (Å²) in [7, 11) is 0. The molecule has 1 aliphatic carbocycles. The number of hydrogen-bond acceptors (Lipinski definition) is 0. The van der Waals surface area contributed by atoms with Crippen molar-refractivity contribution in [1.82, 2.24) is 0 Å². The van der Waals surface area contributed by atoms with Gasteiger partial charge in [0.15, 0.2) is 0 Å². The molecule has 79 valence electrons. The largest absolute Gasteiger partial charge is 1.00 e. The van der Waals surface area contributed by atoms with Gasteiger partial charge in [-0.05, 0) is 0 Å². The molecule has 0 spiro atoms. The fraction of sp³-hybridized carbons (Fsp3) is 0.636. The van der Waals surface area contributed by atoms with Crippen molar-refractivity contribution in [2.24, 2.45) is 11.8 Å². The van der Waals surface area contributed by atoms with E-state index in [0.29, 0.717) is 5.92 Å². The molecular weight excluding hydrogens is 294 g/mol. The van der Waals surface area contributed by atoms with Crippen LogP contribution >= 0.6 is 0 Å². The van der Waals surface area contributed by atoms with Gasteiger partial charge >= 0.3 is 91.2 Å². The van der Waals surface area contributed by atoms with Crippen LogP contribution in [-0.4, -0.2) is 0 Å². The average Bonchev–Trinajstić information content (AvgIpc) is 2.31. The van der Waals surface area contributed by atoms with Crippen molar-refractivity contribution in [1.29, 1.82) is 0 Å². The Bertz CT molecular complexity index is 240. The van der Waals surface area contributed by atoms with E-state index in [1.807, 2.05) is 0 Å². The summed E-state index contributed by atoms with van der Waals surface area (Å²) in [6.07, 6.45) is 3.67. The summed E-state index contributed by atoms with van der Waals surface area (Å²) in [6, 6.07) is 0. The fourth-order valence-electron chi connectivity index (χ4n) is 1.71. The van der Waals surface area contributed by atoms with Crippen LogP contribution in [0.15, 0.2) is 20.5 Å². The SMILES string of the molecule is CC(C)C1=C(C(C)C)C[C]([Zr+2])=C1.[Cl-].[Cl-]. The molecule has 14 heavy (non-hydrogen) atoms. The van der Waals surface area contributed by atoms with Gasteiger partial charge in [0.2, 0.25) is 0 Å². The Morgan fingerprint density at radius 3 is 1.86 bits per heavy atom. The standard InChI is InChI=1S/C11H17.2ClH.Zr/c1-8(2)10-6-5-7-11(10)9(3)4;;;/h6,8-9H,7H2,1-4H3;2*1H;/q;;;+2/p-2. The van der Waals surface area contributed by atoms with E-state index in [2.05, 4.69) is 33.8 Å². The predicted molar refractivity (Wildman–Crippen MR) is 49.4 cm³/mol. The quantitative estimate of drug-likeness (QED) is 0.526. The Morgan fingerprint density at radius 1 is 1.07 bits per heavy atom. The van der Waals surface area contributed by atoms with Crippen LogP contribution in [0, 0.1) is 11.8 Å². The van der Waals surface area contributed by atoms with E-state index in [-0.39, 0.29) is 24.8 Å². The third-order valence-corrected chi connectivity index (χ3v) is 3.19. The first-order valence-corrected chi connectivity index (χ1v) is 5.90. The Morgan fingerprint density at radius 2 is 1.57 bits per heavy atom. The summed E-state index contributed by atoms with van der Waals surface area (Å²) in [6.45, 7) is 9.20. The van der Waals surface area contributed by atoms with E-state index in [9.17, 15) is 0 Å². The summed E-state index contributed by atoms with van der Waals surface area (Å²) in [5.74, 6) is 1.44. The van der Waals surface area contributed by atoms with E-state index in [0.717, 1.165) is 5.92 Å². The van der Waals surface area contributed by atoms with E-state index < -0.39 is 0 Å². The van der Waals surface area contributed by atoms with Gasteiger partial charge in [-0.3, -0.25) is 0 Å². The van der Waals surface area contributed by atoms with Gasteiger partial charge in [0.25, 0.3) is 0 Å². The van der Waals surface area contributed by atoms with E-state index in [1.54, 1.807) is 39.1 Å². The van der Waals surface area contributed by atoms with Gasteiger partial charge < -0.3 is 24.8 Å². The molecule has 1 aliphatic rings. The van der Waals surface area contributed by atoms with E-state index >= 15 is 0 Å². The van der Waals surface area contributed by atoms with Crippen LogP contribution in [0.2, 0.25) is 0 Å². The van der Waals surface area contributed by atoms with Crippen LogP contribution in [0.4, 0.5) is 0 Å². The molecule has 0 aromatic rings. The number of halogens is 2. The maximum atomic E-state index is 2.42. The van der Waals surface area contributed by atoms with E-state index in [1.165, 1.54) is 6.42 Å². The van der Waals surface area contributed by atoms with Crippen molar-refractivity contribution in [3.63, 3.8) is 0 Å². The second kappa shape index (κ2) is 7.26. The van der Waals surface area contributed by atoms with Crippen LogP contribution in [-0.2, 0) is 24.7 Å². The van der Waals surface area contributed by atoms with Gasteiger partial charge in [0.05, 0.1) is 0 Å². The van der Waals surface area contributed by atoms with Crippen molar-refractivity contribution >= 4 is 0 Å².